The van der Waals surface area contributed by atoms with E-state index in [-0.39, 0.29) is 29.4 Å². The van der Waals surface area contributed by atoms with Crippen LogP contribution in [0.5, 0.6) is 0 Å². The van der Waals surface area contributed by atoms with Gasteiger partial charge in [-0.15, -0.1) is 0 Å². The second-order valence-electron chi connectivity index (χ2n) is 7.58. The van der Waals surface area contributed by atoms with Crippen molar-refractivity contribution in [1.82, 2.24) is 4.90 Å². The number of nitrogens with zero attached hydrogens (tertiary/aromatic N) is 2. The molecule has 2 saturated heterocycles. The highest BCUT2D eigenvalue weighted by Crippen LogP contribution is 2.28. The Morgan fingerprint density at radius 1 is 0.935 bits per heavy atom. The summed E-state index contributed by atoms with van der Waals surface area (Å²) in [6.07, 6.45) is 2.21. The predicted octanol–water partition coefficient (Wildman–Crippen LogP) is 2.59. The quantitative estimate of drug-likeness (QED) is 0.403. The summed E-state index contributed by atoms with van der Waals surface area (Å²) in [7, 11) is 0. The fourth-order valence-corrected chi connectivity index (χ4v) is 3.91. The molecular formula is C23H21FN2O5. The summed E-state index contributed by atoms with van der Waals surface area (Å²) in [5, 5.41) is 0. The number of ketones is 1. The molecule has 8 heteroatoms. The number of likely N-dealkylation sites (tertiary alicyclic amines) is 1. The van der Waals surface area contributed by atoms with E-state index in [0.29, 0.717) is 5.69 Å². The van der Waals surface area contributed by atoms with E-state index in [1.165, 1.54) is 36.4 Å². The number of rotatable bonds is 6. The fraction of sp³-hybridized carbons (Fsp3) is 0.304. The zero-order chi connectivity index (χ0) is 22.0. The van der Waals surface area contributed by atoms with Crippen LogP contribution in [0.4, 0.5) is 10.1 Å². The first kappa shape index (κ1) is 20.9. The number of anilines is 1. The van der Waals surface area contributed by atoms with Gasteiger partial charge in [0.2, 0.25) is 5.91 Å². The first-order chi connectivity index (χ1) is 14.9. The number of carbonyl (C=O) groups excluding carboxylic acids is 4. The Hall–Kier alpha value is -3.39. The molecule has 160 valence electrons. The molecule has 0 aromatic heterocycles. The van der Waals surface area contributed by atoms with Crippen molar-refractivity contribution in [3.63, 3.8) is 0 Å². The molecule has 2 heterocycles. The van der Waals surface area contributed by atoms with Gasteiger partial charge in [0.1, 0.15) is 5.82 Å². The molecule has 1 atom stereocenters. The van der Waals surface area contributed by atoms with Crippen molar-refractivity contribution < 1.29 is 28.3 Å². The Morgan fingerprint density at radius 2 is 1.55 bits per heavy atom. The largest absolute Gasteiger partial charge is 0.454 e. The molecular weight excluding hydrogens is 403 g/mol. The summed E-state index contributed by atoms with van der Waals surface area (Å²) in [5.74, 6) is -2.13. The third kappa shape index (κ3) is 4.39. The van der Waals surface area contributed by atoms with Gasteiger partial charge in [0, 0.05) is 5.56 Å². The van der Waals surface area contributed by atoms with Gasteiger partial charge in [0.25, 0.3) is 5.91 Å². The van der Waals surface area contributed by atoms with E-state index in [0.717, 1.165) is 43.0 Å². The van der Waals surface area contributed by atoms with E-state index in [4.69, 9.17) is 4.74 Å². The van der Waals surface area contributed by atoms with Crippen molar-refractivity contribution in [3.05, 3.63) is 65.5 Å². The lowest BCUT2D eigenvalue weighted by Crippen LogP contribution is -2.40. The Balaban J connectivity index is 1.38. The molecule has 2 aromatic rings. The summed E-state index contributed by atoms with van der Waals surface area (Å²) in [6.45, 7) is 1.16. The third-order valence-electron chi connectivity index (χ3n) is 5.57. The van der Waals surface area contributed by atoms with Crippen molar-refractivity contribution in [2.24, 2.45) is 0 Å². The Kier molecular flexibility index (Phi) is 5.90. The van der Waals surface area contributed by atoms with Crippen molar-refractivity contribution >= 4 is 29.3 Å². The monoisotopic (exact) mass is 424 g/mol. The van der Waals surface area contributed by atoms with Gasteiger partial charge in [0.15, 0.2) is 12.4 Å². The molecule has 31 heavy (non-hydrogen) atoms. The number of carbonyl (C=O) groups is 4. The minimum Gasteiger partial charge on any atom is -0.454 e. The third-order valence-corrected chi connectivity index (χ3v) is 5.57. The van der Waals surface area contributed by atoms with Crippen molar-refractivity contribution in [1.29, 1.82) is 0 Å². The first-order valence-electron chi connectivity index (χ1n) is 10.1. The highest BCUT2D eigenvalue weighted by atomic mass is 19.1. The molecule has 2 aromatic carbocycles. The minimum absolute atomic E-state index is 0.161. The first-order valence-corrected chi connectivity index (χ1v) is 10.1. The second kappa shape index (κ2) is 8.77. The Labute approximate surface area is 178 Å². The van der Waals surface area contributed by atoms with Gasteiger partial charge >= 0.3 is 5.97 Å². The number of hydrogen-bond acceptors (Lipinski definition) is 6. The van der Waals surface area contributed by atoms with E-state index in [1.807, 2.05) is 4.90 Å². The molecule has 4 rings (SSSR count). The molecule has 2 amide bonds. The van der Waals surface area contributed by atoms with Gasteiger partial charge in [-0.3, -0.25) is 19.3 Å². The molecule has 0 N–H and O–H groups in total. The number of Topliss-reactive ketones (excluding diaryl/α,β-unsaturated/α-hetero) is 1. The lowest BCUT2D eigenvalue weighted by molar-refractivity contribution is -0.122. The summed E-state index contributed by atoms with van der Waals surface area (Å²) in [4.78, 5) is 52.7. The fourth-order valence-electron chi connectivity index (χ4n) is 3.91. The average molecular weight is 424 g/mol. The van der Waals surface area contributed by atoms with Crippen LogP contribution in [0.2, 0.25) is 0 Å². The zero-order valence-corrected chi connectivity index (χ0v) is 16.8. The van der Waals surface area contributed by atoms with E-state index in [1.54, 1.807) is 0 Å². The number of imide groups is 1. The molecule has 2 aliphatic heterocycles. The van der Waals surface area contributed by atoms with Crippen molar-refractivity contribution in [3.8, 4) is 0 Å². The molecule has 0 aliphatic carbocycles. The van der Waals surface area contributed by atoms with Crippen LogP contribution in [0.15, 0.2) is 48.5 Å². The average Bonchev–Trinajstić information content (AvgIpc) is 3.40. The maximum absolute atomic E-state index is 12.9. The maximum atomic E-state index is 12.9. The number of halogens is 1. The Morgan fingerprint density at radius 3 is 2.19 bits per heavy atom. The van der Waals surface area contributed by atoms with E-state index in [2.05, 4.69) is 0 Å². The SMILES string of the molecule is O=C(COC(=O)c1ccc(N2C(=O)CC(N3CCCC3)C2=O)cc1)c1ccc(F)cc1. The molecule has 0 saturated carbocycles. The second-order valence-corrected chi connectivity index (χ2v) is 7.58. The molecule has 0 bridgehead atoms. The topological polar surface area (TPSA) is 84.0 Å². The summed E-state index contributed by atoms with van der Waals surface area (Å²) < 4.78 is 18.0. The van der Waals surface area contributed by atoms with Gasteiger partial charge in [-0.05, 0) is 74.5 Å². The normalized spacial score (nSPS) is 19.1. The van der Waals surface area contributed by atoms with Crippen LogP contribution < -0.4 is 4.90 Å². The number of esters is 1. The molecule has 0 spiro atoms. The van der Waals surface area contributed by atoms with Crippen LogP contribution >= 0.6 is 0 Å². The predicted molar refractivity (Wildman–Crippen MR) is 109 cm³/mol. The van der Waals surface area contributed by atoms with Gasteiger partial charge in [-0.2, -0.15) is 0 Å². The smallest absolute Gasteiger partial charge is 0.338 e. The van der Waals surface area contributed by atoms with Gasteiger partial charge in [-0.25, -0.2) is 14.1 Å². The molecule has 7 nitrogen and oxygen atoms in total. The number of hydrogen-bond donors (Lipinski definition) is 0. The summed E-state index contributed by atoms with van der Waals surface area (Å²) in [6, 6.07) is 10.5. The molecule has 2 fully saturated rings. The van der Waals surface area contributed by atoms with Crippen LogP contribution in [-0.2, 0) is 14.3 Å². The van der Waals surface area contributed by atoms with Gasteiger partial charge < -0.3 is 4.74 Å². The van der Waals surface area contributed by atoms with Crippen LogP contribution in [0.25, 0.3) is 0 Å². The zero-order valence-electron chi connectivity index (χ0n) is 16.8. The van der Waals surface area contributed by atoms with E-state index in [9.17, 15) is 23.6 Å². The number of amides is 2. The van der Waals surface area contributed by atoms with Gasteiger partial charge in [-0.1, -0.05) is 0 Å². The minimum atomic E-state index is -0.712. The van der Waals surface area contributed by atoms with E-state index < -0.39 is 30.2 Å². The molecule has 2 aliphatic rings. The number of ether oxygens (including phenoxy) is 1. The highest BCUT2D eigenvalue weighted by Gasteiger charge is 2.43. The lowest BCUT2D eigenvalue weighted by Gasteiger charge is -2.21. The van der Waals surface area contributed by atoms with Crippen LogP contribution in [0.1, 0.15) is 40.0 Å². The van der Waals surface area contributed by atoms with Crippen LogP contribution in [-0.4, -0.2) is 54.2 Å². The summed E-state index contributed by atoms with van der Waals surface area (Å²) in [5.41, 5.74) is 0.824. The van der Waals surface area contributed by atoms with Gasteiger partial charge in [0.05, 0.1) is 23.7 Å². The standard InChI is InChI=1S/C23H21FN2O5/c24-17-7-3-15(4-8-17)20(27)14-31-23(30)16-5-9-18(10-6-16)26-21(28)13-19(22(26)29)25-11-1-2-12-25/h3-10,19H,1-2,11-14H2. The van der Waals surface area contributed by atoms with E-state index >= 15 is 0 Å². The Bertz CT molecular complexity index is 1010. The maximum Gasteiger partial charge on any atom is 0.338 e. The highest BCUT2D eigenvalue weighted by molar-refractivity contribution is 6.22. The lowest BCUT2D eigenvalue weighted by atomic mass is 10.1. The van der Waals surface area contributed by atoms with Crippen LogP contribution in [0.3, 0.4) is 0 Å². The number of benzene rings is 2. The molecule has 1 unspecified atom stereocenters. The summed E-state index contributed by atoms with van der Waals surface area (Å²) >= 11 is 0. The van der Waals surface area contributed by atoms with Crippen LogP contribution in [0, 0.1) is 5.82 Å². The van der Waals surface area contributed by atoms with Crippen molar-refractivity contribution in [2.45, 2.75) is 25.3 Å². The van der Waals surface area contributed by atoms with Crippen molar-refractivity contribution in [2.75, 3.05) is 24.6 Å². The molecule has 0 radical (unpaired) electrons.